The van der Waals surface area contributed by atoms with Gasteiger partial charge in [0.05, 0.1) is 13.2 Å². The van der Waals surface area contributed by atoms with Gasteiger partial charge in [-0.3, -0.25) is 19.3 Å². The van der Waals surface area contributed by atoms with Gasteiger partial charge in [-0.1, -0.05) is 13.8 Å². The second-order valence-corrected chi connectivity index (χ2v) is 12.7. The smallest absolute Gasteiger partial charge is 0.276 e. The van der Waals surface area contributed by atoms with Crippen LogP contribution < -0.4 is 16.0 Å². The number of aliphatic imine (C=N–C) groups is 1. The predicted molar refractivity (Wildman–Crippen MR) is 173 cm³/mol. The van der Waals surface area contributed by atoms with Gasteiger partial charge in [0.2, 0.25) is 12.3 Å². The maximum Gasteiger partial charge on any atom is 0.276 e. The number of hydrogen-bond donors (Lipinski definition) is 3. The number of aliphatic hydroxyl groups excluding tert-OH is 1. The fourth-order valence-electron chi connectivity index (χ4n) is 6.42. The van der Waals surface area contributed by atoms with E-state index < -0.39 is 0 Å². The Hall–Kier alpha value is -4.71. The number of aromatic nitrogens is 2. The van der Waals surface area contributed by atoms with Gasteiger partial charge >= 0.3 is 0 Å². The Kier molecular flexibility index (Phi) is 8.96. The number of carbonyl (C=O) groups is 3. The molecule has 1 saturated heterocycles. The number of nitrogens with one attached hydrogen (secondary N) is 1. The summed E-state index contributed by atoms with van der Waals surface area (Å²) >= 11 is 0. The monoisotopic (exact) mass is 614 g/mol. The Morgan fingerprint density at radius 3 is 2.73 bits per heavy atom. The second kappa shape index (κ2) is 12.7. The molecule has 238 valence electrons. The number of pyridine rings is 1. The zero-order valence-electron chi connectivity index (χ0n) is 26.6. The number of amidine groups is 1. The van der Waals surface area contributed by atoms with E-state index in [1.54, 1.807) is 54.4 Å². The van der Waals surface area contributed by atoms with E-state index in [4.69, 9.17) is 5.73 Å². The van der Waals surface area contributed by atoms with Crippen LogP contribution in [0, 0.1) is 5.41 Å². The Morgan fingerprint density at radius 2 is 2.02 bits per heavy atom. The summed E-state index contributed by atoms with van der Waals surface area (Å²) in [7, 11) is 1.61. The van der Waals surface area contributed by atoms with Crippen molar-refractivity contribution >= 4 is 35.5 Å². The van der Waals surface area contributed by atoms with Crippen molar-refractivity contribution in [2.24, 2.45) is 16.1 Å². The topological polar surface area (TPSA) is 149 Å². The minimum absolute atomic E-state index is 0.00704. The first kappa shape index (κ1) is 31.7. The highest BCUT2D eigenvalue weighted by atomic mass is 16.3. The number of aliphatic hydroxyl groups is 1. The van der Waals surface area contributed by atoms with E-state index in [0.29, 0.717) is 73.0 Å². The molecule has 12 heteroatoms. The van der Waals surface area contributed by atoms with Crippen LogP contribution in [0.3, 0.4) is 0 Å². The van der Waals surface area contributed by atoms with Crippen LogP contribution in [0.15, 0.2) is 53.1 Å². The third-order valence-electron chi connectivity index (χ3n) is 8.42. The zero-order valence-corrected chi connectivity index (χ0v) is 26.6. The minimum atomic E-state index is -0.376. The third kappa shape index (κ3) is 6.70. The van der Waals surface area contributed by atoms with Crippen molar-refractivity contribution in [3.63, 3.8) is 0 Å². The quantitative estimate of drug-likeness (QED) is 0.179. The number of piperazine rings is 1. The summed E-state index contributed by atoms with van der Waals surface area (Å²) in [4.78, 5) is 51.0. The summed E-state index contributed by atoms with van der Waals surface area (Å²) in [6, 6.07) is 3.75. The van der Waals surface area contributed by atoms with Crippen LogP contribution in [0.5, 0.6) is 0 Å². The lowest BCUT2D eigenvalue weighted by Crippen LogP contribution is -2.44. The number of nitrogens with two attached hydrogens (primary N) is 1. The fraction of sp³-hybridized carbons (Fsp3) is 0.424. The SMILES string of the molecule is CC(=O)N1CCN\C(=C/C(N)=N/C(C)=C/C(=C\N(C)C=O)c2ccnc(N3CCn4c(cc5c4CC(C)(C)C5)C3=O)c2CO)C1. The summed E-state index contributed by atoms with van der Waals surface area (Å²) in [6.45, 7) is 10.2. The lowest BCUT2D eigenvalue weighted by molar-refractivity contribution is -0.128. The molecule has 12 nitrogen and oxygen atoms in total. The van der Waals surface area contributed by atoms with Crippen LogP contribution in [-0.4, -0.2) is 81.7 Å². The summed E-state index contributed by atoms with van der Waals surface area (Å²) in [5.74, 6) is 0.465. The Labute approximate surface area is 263 Å². The molecule has 2 aliphatic heterocycles. The molecule has 1 fully saturated rings. The molecule has 5 rings (SSSR count). The molecule has 0 radical (unpaired) electrons. The van der Waals surface area contributed by atoms with Crippen molar-refractivity contribution in [2.75, 3.05) is 38.1 Å². The molecule has 1 aliphatic carbocycles. The van der Waals surface area contributed by atoms with Crippen LogP contribution in [0.4, 0.5) is 5.82 Å². The van der Waals surface area contributed by atoms with Gasteiger partial charge in [0.25, 0.3) is 5.91 Å². The number of hydrogen-bond acceptors (Lipinski definition) is 7. The molecule has 0 spiro atoms. The van der Waals surface area contributed by atoms with E-state index in [-0.39, 0.29) is 29.7 Å². The van der Waals surface area contributed by atoms with Gasteiger partial charge in [0.1, 0.15) is 17.3 Å². The molecular weight excluding hydrogens is 572 g/mol. The first-order valence-corrected chi connectivity index (χ1v) is 15.1. The lowest BCUT2D eigenvalue weighted by Gasteiger charge is -2.31. The molecule has 0 atom stereocenters. The molecule has 3 aliphatic rings. The van der Waals surface area contributed by atoms with Gasteiger partial charge in [-0.15, -0.1) is 0 Å². The maximum atomic E-state index is 13.8. The summed E-state index contributed by atoms with van der Waals surface area (Å²) in [5.41, 5.74) is 12.5. The number of anilines is 1. The summed E-state index contributed by atoms with van der Waals surface area (Å²) in [6.07, 6.45) is 9.23. The van der Waals surface area contributed by atoms with Crippen LogP contribution in [0.1, 0.15) is 60.6 Å². The van der Waals surface area contributed by atoms with E-state index in [0.717, 1.165) is 18.5 Å². The average molecular weight is 615 g/mol. The molecule has 45 heavy (non-hydrogen) atoms. The summed E-state index contributed by atoms with van der Waals surface area (Å²) < 4.78 is 2.14. The largest absolute Gasteiger partial charge is 0.392 e. The number of fused-ring (bicyclic) bond motifs is 3. The van der Waals surface area contributed by atoms with Gasteiger partial charge in [0, 0.05) is 86.8 Å². The van der Waals surface area contributed by atoms with Crippen LogP contribution >= 0.6 is 0 Å². The molecule has 0 unspecified atom stereocenters. The van der Waals surface area contributed by atoms with E-state index in [1.165, 1.54) is 23.1 Å². The molecule has 2 aromatic heterocycles. The van der Waals surface area contributed by atoms with Gasteiger partial charge in [-0.2, -0.15) is 0 Å². The standard InChI is InChI=1S/C33H42N8O4/c1-21(37-30(34)14-25-18-39(22(2)44)9-8-35-25)12-24(17-38(5)20-43)26-6-7-36-31(27(26)19-42)41-11-10-40-28(32(41)45)13-23-15-33(3,4)16-29(23)40/h6-7,12-14,17,20,35,42H,8-11,15-16,18-19H2,1-5H3,(H2,34,37)/b21-12+,24-17+,25-14-. The molecular formula is C33H42N8O4. The van der Waals surface area contributed by atoms with Crippen molar-refractivity contribution < 1.29 is 19.5 Å². The van der Waals surface area contributed by atoms with Gasteiger partial charge in [0.15, 0.2) is 0 Å². The first-order chi connectivity index (χ1) is 21.4. The molecule has 0 aromatic carbocycles. The van der Waals surface area contributed by atoms with E-state index in [1.807, 2.05) is 6.07 Å². The molecule has 4 N–H and O–H groups in total. The van der Waals surface area contributed by atoms with Crippen molar-refractivity contribution in [1.29, 1.82) is 0 Å². The van der Waals surface area contributed by atoms with Crippen LogP contribution in [0.2, 0.25) is 0 Å². The number of rotatable bonds is 8. The Bertz CT molecular complexity index is 1650. The Balaban J connectivity index is 1.47. The average Bonchev–Trinajstić information content (AvgIpc) is 3.48. The number of allylic oxidation sites excluding steroid dienone is 3. The zero-order chi connectivity index (χ0) is 32.5. The van der Waals surface area contributed by atoms with Crippen molar-refractivity contribution in [1.82, 2.24) is 24.7 Å². The number of carbonyl (C=O) groups excluding carboxylic acids is 3. The second-order valence-electron chi connectivity index (χ2n) is 12.7. The highest BCUT2D eigenvalue weighted by molar-refractivity contribution is 6.06. The first-order valence-electron chi connectivity index (χ1n) is 15.1. The minimum Gasteiger partial charge on any atom is -0.392 e. The normalized spacial score (nSPS) is 19.4. The van der Waals surface area contributed by atoms with Crippen molar-refractivity contribution in [3.8, 4) is 0 Å². The van der Waals surface area contributed by atoms with Gasteiger partial charge in [-0.25, -0.2) is 9.98 Å². The molecule has 3 amide bonds. The molecule has 4 heterocycles. The highest BCUT2D eigenvalue weighted by Gasteiger charge is 2.37. The van der Waals surface area contributed by atoms with Gasteiger partial charge < -0.3 is 30.5 Å². The van der Waals surface area contributed by atoms with E-state index in [9.17, 15) is 19.5 Å². The van der Waals surface area contributed by atoms with Crippen LogP contribution in [0.25, 0.3) is 5.57 Å². The maximum absolute atomic E-state index is 13.8. The molecule has 0 bridgehead atoms. The fourth-order valence-corrected chi connectivity index (χ4v) is 6.42. The van der Waals surface area contributed by atoms with Gasteiger partial charge in [-0.05, 0) is 54.5 Å². The van der Waals surface area contributed by atoms with Crippen LogP contribution in [-0.2, 0) is 35.6 Å². The summed E-state index contributed by atoms with van der Waals surface area (Å²) in [5, 5.41) is 13.9. The van der Waals surface area contributed by atoms with E-state index >= 15 is 0 Å². The Morgan fingerprint density at radius 1 is 1.24 bits per heavy atom. The third-order valence-corrected chi connectivity index (χ3v) is 8.42. The molecule has 2 aromatic rings. The van der Waals surface area contributed by atoms with Crippen molar-refractivity contribution in [2.45, 2.75) is 53.7 Å². The number of amides is 3. The predicted octanol–water partition coefficient (Wildman–Crippen LogP) is 2.19. The highest BCUT2D eigenvalue weighted by Crippen LogP contribution is 2.40. The van der Waals surface area contributed by atoms with E-state index in [2.05, 4.69) is 33.7 Å². The van der Waals surface area contributed by atoms with Crippen molar-refractivity contribution in [3.05, 3.63) is 76.2 Å². The molecule has 0 saturated carbocycles. The number of nitrogens with zero attached hydrogens (tertiary/aromatic N) is 6. The lowest BCUT2D eigenvalue weighted by atomic mass is 9.90.